The number of anilines is 1. The van der Waals surface area contributed by atoms with Gasteiger partial charge in [0.2, 0.25) is 5.91 Å². The molecule has 0 aliphatic carbocycles. The third-order valence-corrected chi connectivity index (χ3v) is 4.61. The zero-order valence-electron chi connectivity index (χ0n) is 12.0. The first-order valence-corrected chi connectivity index (χ1v) is 8.19. The molecule has 1 aromatic heterocycles. The molecule has 2 rings (SSSR count). The van der Waals surface area contributed by atoms with Crippen LogP contribution in [0.2, 0.25) is 0 Å². The molecule has 0 saturated heterocycles. The fraction of sp³-hybridized carbons (Fsp3) is 0.267. The highest BCUT2D eigenvalue weighted by atomic mass is 32.2. The molecule has 0 radical (unpaired) electrons. The van der Waals surface area contributed by atoms with Crippen LogP contribution in [-0.2, 0) is 14.6 Å². The average Bonchev–Trinajstić information content (AvgIpc) is 2.72. The van der Waals surface area contributed by atoms with Crippen LogP contribution in [0.4, 0.5) is 5.69 Å². The van der Waals surface area contributed by atoms with Crippen molar-refractivity contribution in [3.63, 3.8) is 0 Å². The minimum absolute atomic E-state index is 0.101. The van der Waals surface area contributed by atoms with Gasteiger partial charge in [-0.15, -0.1) is 0 Å². The summed E-state index contributed by atoms with van der Waals surface area (Å²) >= 11 is 0. The summed E-state index contributed by atoms with van der Waals surface area (Å²) in [6.07, 6.45) is -0.101. The molecule has 6 heteroatoms. The first-order chi connectivity index (χ1) is 9.82. The zero-order valence-corrected chi connectivity index (χ0v) is 12.8. The minimum atomic E-state index is -3.36. The highest BCUT2D eigenvalue weighted by molar-refractivity contribution is 7.94. The maximum absolute atomic E-state index is 11.8. The molecule has 1 amide bonds. The van der Waals surface area contributed by atoms with E-state index in [1.165, 1.54) is 0 Å². The number of sulfone groups is 1. The third-order valence-electron chi connectivity index (χ3n) is 3.33. The summed E-state index contributed by atoms with van der Waals surface area (Å²) in [5, 5.41) is 4.49. The van der Waals surface area contributed by atoms with Crippen LogP contribution in [0.25, 0.3) is 11.0 Å². The molecule has 0 saturated carbocycles. The number of carbonyl (C=O) groups excluding carboxylic acids is 1. The Labute approximate surface area is 123 Å². The number of furan rings is 1. The molecular formula is C15H17NO4S. The Bertz CT molecular complexity index is 802. The van der Waals surface area contributed by atoms with Crippen LogP contribution < -0.4 is 5.32 Å². The van der Waals surface area contributed by atoms with Gasteiger partial charge in [0, 0.05) is 22.9 Å². The minimum Gasteiger partial charge on any atom is -0.461 e. The molecule has 1 heterocycles. The molecule has 112 valence electrons. The molecule has 0 fully saturated rings. The van der Waals surface area contributed by atoms with Crippen LogP contribution in [-0.4, -0.2) is 20.1 Å². The number of carbonyl (C=O) groups is 1. The lowest BCUT2D eigenvalue weighted by atomic mass is 10.1. The molecule has 0 unspecified atom stereocenters. The summed E-state index contributed by atoms with van der Waals surface area (Å²) in [7, 11) is -3.36. The Morgan fingerprint density at radius 2 is 2.10 bits per heavy atom. The van der Waals surface area contributed by atoms with E-state index in [2.05, 4.69) is 11.9 Å². The SMILES string of the molecule is C=CS(=O)(=O)CCC(=O)Nc1ccc2oc(C)c(C)c2c1. The summed E-state index contributed by atoms with van der Waals surface area (Å²) in [5.41, 5.74) is 2.40. The van der Waals surface area contributed by atoms with Gasteiger partial charge in [-0.1, -0.05) is 6.58 Å². The van der Waals surface area contributed by atoms with Crippen molar-refractivity contribution in [1.29, 1.82) is 0 Å². The molecule has 0 bridgehead atoms. The Morgan fingerprint density at radius 1 is 1.38 bits per heavy atom. The largest absolute Gasteiger partial charge is 0.461 e. The monoisotopic (exact) mass is 307 g/mol. The standard InChI is InChI=1S/C15H17NO4S/c1-4-21(18,19)8-7-15(17)16-12-5-6-14-13(9-12)10(2)11(3)20-14/h4-6,9H,1,7-8H2,2-3H3,(H,16,17). The Balaban J connectivity index is 2.11. The molecule has 0 aliphatic rings. The number of hydrogen-bond donors (Lipinski definition) is 1. The highest BCUT2D eigenvalue weighted by Gasteiger charge is 2.11. The van der Waals surface area contributed by atoms with E-state index in [9.17, 15) is 13.2 Å². The van der Waals surface area contributed by atoms with Gasteiger partial charge < -0.3 is 9.73 Å². The van der Waals surface area contributed by atoms with Gasteiger partial charge in [0.15, 0.2) is 9.84 Å². The predicted octanol–water partition coefficient (Wildman–Crippen LogP) is 2.94. The van der Waals surface area contributed by atoms with E-state index < -0.39 is 9.84 Å². The van der Waals surface area contributed by atoms with Crippen LogP contribution in [0.5, 0.6) is 0 Å². The van der Waals surface area contributed by atoms with Crippen LogP contribution >= 0.6 is 0 Å². The number of benzene rings is 1. The first kappa shape index (κ1) is 15.3. The summed E-state index contributed by atoms with van der Waals surface area (Å²) in [6, 6.07) is 5.33. The molecule has 0 aliphatic heterocycles. The van der Waals surface area contributed by atoms with Gasteiger partial charge in [0.1, 0.15) is 11.3 Å². The van der Waals surface area contributed by atoms with Crippen molar-refractivity contribution >= 4 is 32.4 Å². The van der Waals surface area contributed by atoms with E-state index in [0.717, 1.165) is 27.7 Å². The summed E-state index contributed by atoms with van der Waals surface area (Å²) in [6.45, 7) is 7.04. The lowest BCUT2D eigenvalue weighted by Gasteiger charge is -2.05. The highest BCUT2D eigenvalue weighted by Crippen LogP contribution is 2.27. The molecule has 5 nitrogen and oxygen atoms in total. The zero-order chi connectivity index (χ0) is 15.6. The van der Waals surface area contributed by atoms with E-state index in [-0.39, 0.29) is 18.1 Å². The number of nitrogens with one attached hydrogen (secondary N) is 1. The fourth-order valence-electron chi connectivity index (χ4n) is 1.96. The van der Waals surface area contributed by atoms with Crippen molar-refractivity contribution < 1.29 is 17.6 Å². The van der Waals surface area contributed by atoms with Crippen LogP contribution in [0.1, 0.15) is 17.7 Å². The Kier molecular flexibility index (Phi) is 4.18. The normalized spacial score (nSPS) is 11.5. The summed E-state index contributed by atoms with van der Waals surface area (Å²) in [4.78, 5) is 11.8. The maximum Gasteiger partial charge on any atom is 0.225 e. The Morgan fingerprint density at radius 3 is 2.76 bits per heavy atom. The second-order valence-corrected chi connectivity index (χ2v) is 6.89. The van der Waals surface area contributed by atoms with E-state index >= 15 is 0 Å². The second kappa shape index (κ2) is 5.73. The van der Waals surface area contributed by atoms with Crippen molar-refractivity contribution in [3.8, 4) is 0 Å². The summed E-state index contributed by atoms with van der Waals surface area (Å²) in [5.74, 6) is 0.247. The molecular weight excluding hydrogens is 290 g/mol. The van der Waals surface area contributed by atoms with E-state index in [4.69, 9.17) is 4.42 Å². The lowest BCUT2D eigenvalue weighted by molar-refractivity contribution is -0.115. The number of hydrogen-bond acceptors (Lipinski definition) is 4. The maximum atomic E-state index is 11.8. The van der Waals surface area contributed by atoms with Crippen LogP contribution in [0.3, 0.4) is 0 Å². The Hall–Kier alpha value is -2.08. The number of rotatable bonds is 5. The molecule has 0 spiro atoms. The number of amides is 1. The molecule has 1 N–H and O–H groups in total. The predicted molar refractivity (Wildman–Crippen MR) is 82.9 cm³/mol. The topological polar surface area (TPSA) is 76.4 Å². The van der Waals surface area contributed by atoms with Gasteiger partial charge in [-0.25, -0.2) is 8.42 Å². The fourth-order valence-corrected chi connectivity index (χ4v) is 2.60. The van der Waals surface area contributed by atoms with Gasteiger partial charge >= 0.3 is 0 Å². The van der Waals surface area contributed by atoms with Crippen molar-refractivity contribution in [2.45, 2.75) is 20.3 Å². The molecule has 2 aromatic rings. The second-order valence-electron chi connectivity index (χ2n) is 4.83. The molecule has 21 heavy (non-hydrogen) atoms. The van der Waals surface area contributed by atoms with Gasteiger partial charge in [0.25, 0.3) is 0 Å². The summed E-state index contributed by atoms with van der Waals surface area (Å²) < 4.78 is 28.1. The van der Waals surface area contributed by atoms with Gasteiger partial charge in [0.05, 0.1) is 5.75 Å². The van der Waals surface area contributed by atoms with E-state index in [0.29, 0.717) is 5.69 Å². The van der Waals surface area contributed by atoms with Crippen molar-refractivity contribution in [2.24, 2.45) is 0 Å². The first-order valence-electron chi connectivity index (χ1n) is 6.47. The lowest BCUT2D eigenvalue weighted by Crippen LogP contribution is -2.16. The third kappa shape index (κ3) is 3.52. The average molecular weight is 307 g/mol. The molecule has 0 atom stereocenters. The van der Waals surface area contributed by atoms with E-state index in [1.807, 2.05) is 19.9 Å². The van der Waals surface area contributed by atoms with Crippen LogP contribution in [0, 0.1) is 13.8 Å². The molecule has 1 aromatic carbocycles. The smallest absolute Gasteiger partial charge is 0.225 e. The van der Waals surface area contributed by atoms with Crippen molar-refractivity contribution in [2.75, 3.05) is 11.1 Å². The van der Waals surface area contributed by atoms with Crippen molar-refractivity contribution in [1.82, 2.24) is 0 Å². The van der Waals surface area contributed by atoms with Crippen molar-refractivity contribution in [3.05, 3.63) is 41.5 Å². The van der Waals surface area contributed by atoms with E-state index in [1.54, 1.807) is 12.1 Å². The van der Waals surface area contributed by atoms with Gasteiger partial charge in [-0.3, -0.25) is 4.79 Å². The van der Waals surface area contributed by atoms with Gasteiger partial charge in [-0.05, 0) is 37.6 Å². The van der Waals surface area contributed by atoms with Crippen LogP contribution in [0.15, 0.2) is 34.6 Å². The number of fused-ring (bicyclic) bond motifs is 1. The quantitative estimate of drug-likeness (QED) is 0.921. The number of aryl methyl sites for hydroxylation is 2. The van der Waals surface area contributed by atoms with Gasteiger partial charge in [-0.2, -0.15) is 0 Å².